The highest BCUT2D eigenvalue weighted by molar-refractivity contribution is 6.30. The summed E-state index contributed by atoms with van der Waals surface area (Å²) in [6, 6.07) is 5.34. The van der Waals surface area contributed by atoms with Crippen LogP contribution < -0.4 is 5.32 Å². The minimum atomic E-state index is -0.216. The molecule has 4 heteroatoms. The molecule has 1 unspecified atom stereocenters. The third-order valence-corrected chi connectivity index (χ3v) is 4.44. The van der Waals surface area contributed by atoms with E-state index in [-0.39, 0.29) is 16.8 Å². The molecule has 2 rings (SSSR count). The molecule has 2 nitrogen and oxygen atoms in total. The summed E-state index contributed by atoms with van der Waals surface area (Å²) in [6.45, 7) is 13.5. The first-order valence-electron chi connectivity index (χ1n) is 7.51. The number of nitrogens with one attached hydrogen (secondary N) is 1. The fourth-order valence-electron chi connectivity index (χ4n) is 3.06. The van der Waals surface area contributed by atoms with Crippen LogP contribution in [0.3, 0.4) is 0 Å². The summed E-state index contributed by atoms with van der Waals surface area (Å²) in [5.41, 5.74) is 0.906. The Bertz CT molecular complexity index is 508. The van der Waals surface area contributed by atoms with E-state index in [0.29, 0.717) is 23.2 Å². The van der Waals surface area contributed by atoms with Crippen molar-refractivity contribution in [3.05, 3.63) is 34.6 Å². The summed E-state index contributed by atoms with van der Waals surface area (Å²) < 4.78 is 14.1. The van der Waals surface area contributed by atoms with Crippen molar-refractivity contribution in [3.63, 3.8) is 0 Å². The molecule has 0 aliphatic carbocycles. The molecule has 0 aromatic heterocycles. The fraction of sp³-hybridized carbons (Fsp3) is 0.647. The zero-order valence-electron chi connectivity index (χ0n) is 13.6. The number of halogens is 2. The lowest BCUT2D eigenvalue weighted by Crippen LogP contribution is -2.64. The van der Waals surface area contributed by atoms with Gasteiger partial charge in [0.2, 0.25) is 0 Å². The molecule has 0 spiro atoms. The minimum absolute atomic E-state index is 0.0463. The van der Waals surface area contributed by atoms with Gasteiger partial charge in [0.05, 0.1) is 0 Å². The van der Waals surface area contributed by atoms with Crippen molar-refractivity contribution in [3.8, 4) is 0 Å². The van der Waals surface area contributed by atoms with Crippen LogP contribution in [-0.4, -0.2) is 29.6 Å². The van der Waals surface area contributed by atoms with Crippen LogP contribution in [0.4, 0.5) is 4.39 Å². The monoisotopic (exact) mass is 312 g/mol. The van der Waals surface area contributed by atoms with E-state index in [9.17, 15) is 4.39 Å². The second kappa shape index (κ2) is 5.86. The maximum absolute atomic E-state index is 14.1. The average Bonchev–Trinajstić information content (AvgIpc) is 2.30. The Hall–Kier alpha value is -0.640. The molecule has 1 atom stereocenters. The molecule has 0 saturated carbocycles. The first-order valence-corrected chi connectivity index (χ1v) is 7.89. The summed E-state index contributed by atoms with van der Waals surface area (Å²) in [6.07, 6.45) is 0. The average molecular weight is 313 g/mol. The molecular formula is C17H26ClFN2. The first-order chi connectivity index (χ1) is 9.58. The maximum atomic E-state index is 14.1. The third kappa shape index (κ3) is 4.18. The summed E-state index contributed by atoms with van der Waals surface area (Å²) in [5.74, 6) is -0.216. The number of piperazine rings is 1. The van der Waals surface area contributed by atoms with E-state index in [4.69, 9.17) is 11.6 Å². The van der Waals surface area contributed by atoms with Gasteiger partial charge in [0.15, 0.2) is 0 Å². The molecule has 21 heavy (non-hydrogen) atoms. The van der Waals surface area contributed by atoms with E-state index in [1.807, 2.05) is 0 Å². The van der Waals surface area contributed by atoms with E-state index < -0.39 is 0 Å². The number of benzene rings is 1. The van der Waals surface area contributed by atoms with Gasteiger partial charge in [0.1, 0.15) is 5.82 Å². The highest BCUT2D eigenvalue weighted by Gasteiger charge is 2.38. The summed E-state index contributed by atoms with van der Waals surface area (Å²) in [4.78, 5) is 2.39. The maximum Gasteiger partial charge on any atom is 0.129 e. The second-order valence-corrected chi connectivity index (χ2v) is 8.22. The van der Waals surface area contributed by atoms with Gasteiger partial charge in [-0.3, -0.25) is 4.90 Å². The Morgan fingerprint density at radius 3 is 2.62 bits per heavy atom. The quantitative estimate of drug-likeness (QED) is 0.885. The van der Waals surface area contributed by atoms with Crippen LogP contribution in [0.15, 0.2) is 18.2 Å². The molecule has 1 aromatic carbocycles. The lowest BCUT2D eigenvalue weighted by Gasteiger charge is -2.49. The molecule has 1 saturated heterocycles. The Kier molecular flexibility index (Phi) is 4.67. The predicted octanol–water partition coefficient (Wildman–Crippen LogP) is 4.08. The summed E-state index contributed by atoms with van der Waals surface area (Å²) in [7, 11) is 0. The molecule has 0 amide bonds. The number of nitrogens with zero attached hydrogens (tertiary/aromatic N) is 1. The summed E-state index contributed by atoms with van der Waals surface area (Å²) in [5, 5.41) is 4.05. The zero-order chi connectivity index (χ0) is 15.8. The lowest BCUT2D eigenvalue weighted by atomic mass is 9.82. The highest BCUT2D eigenvalue weighted by atomic mass is 35.5. The summed E-state index contributed by atoms with van der Waals surface area (Å²) >= 11 is 5.84. The third-order valence-electron chi connectivity index (χ3n) is 4.20. The van der Waals surface area contributed by atoms with E-state index in [1.54, 1.807) is 12.1 Å². The van der Waals surface area contributed by atoms with E-state index in [1.165, 1.54) is 6.07 Å². The smallest absolute Gasteiger partial charge is 0.129 e. The van der Waals surface area contributed by atoms with Gasteiger partial charge in [0, 0.05) is 41.8 Å². The van der Waals surface area contributed by atoms with Crippen molar-refractivity contribution in [2.24, 2.45) is 5.41 Å². The highest BCUT2D eigenvalue weighted by Crippen LogP contribution is 2.30. The lowest BCUT2D eigenvalue weighted by molar-refractivity contribution is 0.0264. The van der Waals surface area contributed by atoms with Crippen molar-refractivity contribution >= 4 is 11.6 Å². The van der Waals surface area contributed by atoms with Crippen LogP contribution in [0.2, 0.25) is 5.02 Å². The van der Waals surface area contributed by atoms with Crippen LogP contribution in [0.5, 0.6) is 0 Å². The van der Waals surface area contributed by atoms with Gasteiger partial charge < -0.3 is 5.32 Å². The molecule has 0 bridgehead atoms. The molecule has 118 valence electrons. The van der Waals surface area contributed by atoms with Crippen molar-refractivity contribution in [2.75, 3.05) is 13.1 Å². The molecule has 0 radical (unpaired) electrons. The van der Waals surface area contributed by atoms with Gasteiger partial charge in [-0.1, -0.05) is 38.4 Å². The van der Waals surface area contributed by atoms with Gasteiger partial charge in [-0.25, -0.2) is 4.39 Å². The van der Waals surface area contributed by atoms with E-state index in [2.05, 4.69) is 44.8 Å². The molecular weight excluding hydrogens is 287 g/mol. The van der Waals surface area contributed by atoms with Gasteiger partial charge in [-0.2, -0.15) is 0 Å². The predicted molar refractivity (Wildman–Crippen MR) is 87.1 cm³/mol. The molecule has 1 fully saturated rings. The zero-order valence-corrected chi connectivity index (χ0v) is 14.4. The molecule has 1 aliphatic heterocycles. The van der Waals surface area contributed by atoms with Gasteiger partial charge in [0.25, 0.3) is 0 Å². The van der Waals surface area contributed by atoms with E-state index >= 15 is 0 Å². The van der Waals surface area contributed by atoms with Crippen molar-refractivity contribution < 1.29 is 4.39 Å². The van der Waals surface area contributed by atoms with Crippen LogP contribution in [0.25, 0.3) is 0 Å². The number of hydrogen-bond acceptors (Lipinski definition) is 2. The van der Waals surface area contributed by atoms with Crippen LogP contribution in [0.1, 0.15) is 40.2 Å². The SMILES string of the molecule is CC1(C)CN(Cc2ccc(Cl)cc2F)C(C(C)(C)C)CN1. The van der Waals surface area contributed by atoms with Crippen LogP contribution >= 0.6 is 11.6 Å². The first kappa shape index (κ1) is 16.7. The van der Waals surface area contributed by atoms with Crippen molar-refractivity contribution in [1.29, 1.82) is 0 Å². The Morgan fingerprint density at radius 2 is 2.05 bits per heavy atom. The largest absolute Gasteiger partial charge is 0.309 e. The van der Waals surface area contributed by atoms with E-state index in [0.717, 1.165) is 13.1 Å². The molecule has 1 N–H and O–H groups in total. The normalized spacial score (nSPS) is 23.3. The number of rotatable bonds is 2. The van der Waals surface area contributed by atoms with Gasteiger partial charge >= 0.3 is 0 Å². The molecule has 1 heterocycles. The topological polar surface area (TPSA) is 15.3 Å². The van der Waals surface area contributed by atoms with Gasteiger partial charge in [-0.15, -0.1) is 0 Å². The van der Waals surface area contributed by atoms with Gasteiger partial charge in [-0.05, 0) is 31.4 Å². The molecule has 1 aliphatic rings. The van der Waals surface area contributed by atoms with Crippen molar-refractivity contribution in [1.82, 2.24) is 10.2 Å². The van der Waals surface area contributed by atoms with Crippen LogP contribution in [-0.2, 0) is 6.54 Å². The van der Waals surface area contributed by atoms with Crippen LogP contribution in [0, 0.1) is 11.2 Å². The Labute approximate surface area is 132 Å². The second-order valence-electron chi connectivity index (χ2n) is 7.79. The Morgan fingerprint density at radius 1 is 1.38 bits per heavy atom. The Balaban J connectivity index is 2.24. The molecule has 1 aromatic rings. The van der Waals surface area contributed by atoms with Crippen molar-refractivity contribution in [2.45, 2.75) is 52.7 Å². The standard InChI is InChI=1S/C17H26ClFN2/c1-16(2,3)15-9-20-17(4,5)11-21(15)10-12-6-7-13(18)8-14(12)19/h6-8,15,20H,9-11H2,1-5H3. The minimum Gasteiger partial charge on any atom is -0.309 e. The number of hydrogen-bond donors (Lipinski definition) is 1. The fourth-order valence-corrected chi connectivity index (χ4v) is 3.22.